The number of hydrogen-bond acceptors (Lipinski definition) is 4. The van der Waals surface area contributed by atoms with Crippen LogP contribution in [0.4, 0.5) is 0 Å². The van der Waals surface area contributed by atoms with E-state index in [0.717, 1.165) is 29.4 Å². The third-order valence-corrected chi connectivity index (χ3v) is 3.42. The molecule has 1 aromatic heterocycles. The molecule has 0 radical (unpaired) electrons. The SMILES string of the molecule is CC(=O)N1CCC[C@H]1c1nnc(C)s1. The molecule has 4 nitrogen and oxygen atoms in total. The highest BCUT2D eigenvalue weighted by atomic mass is 32.1. The Hall–Kier alpha value is -0.970. The third-order valence-electron chi connectivity index (χ3n) is 2.48. The Kier molecular flexibility index (Phi) is 2.50. The summed E-state index contributed by atoms with van der Waals surface area (Å²) in [5.74, 6) is 0.139. The highest BCUT2D eigenvalue weighted by molar-refractivity contribution is 7.11. The predicted molar refractivity (Wildman–Crippen MR) is 54.0 cm³/mol. The second-order valence-electron chi connectivity index (χ2n) is 3.53. The van der Waals surface area contributed by atoms with E-state index >= 15 is 0 Å². The summed E-state index contributed by atoms with van der Waals surface area (Å²) in [5, 5.41) is 10.0. The van der Waals surface area contributed by atoms with Gasteiger partial charge in [-0.25, -0.2) is 0 Å². The monoisotopic (exact) mass is 211 g/mol. The Morgan fingerprint density at radius 2 is 2.36 bits per heavy atom. The van der Waals surface area contributed by atoms with Crippen molar-refractivity contribution >= 4 is 17.2 Å². The van der Waals surface area contributed by atoms with Gasteiger partial charge in [-0.2, -0.15) is 0 Å². The van der Waals surface area contributed by atoms with Crippen LogP contribution < -0.4 is 0 Å². The second-order valence-corrected chi connectivity index (χ2v) is 4.74. The zero-order valence-electron chi connectivity index (χ0n) is 8.36. The Bertz CT molecular complexity index is 350. The molecule has 1 fully saturated rings. The molecule has 0 unspecified atom stereocenters. The van der Waals surface area contributed by atoms with Crippen molar-refractivity contribution in [3.05, 3.63) is 10.0 Å². The molecule has 0 aromatic carbocycles. The number of aromatic nitrogens is 2. The molecule has 0 bridgehead atoms. The molecule has 0 spiro atoms. The maximum absolute atomic E-state index is 11.3. The Morgan fingerprint density at radius 3 is 2.93 bits per heavy atom. The van der Waals surface area contributed by atoms with Crippen LogP contribution in [0, 0.1) is 6.92 Å². The van der Waals surface area contributed by atoms with Crippen LogP contribution in [0.2, 0.25) is 0 Å². The molecule has 0 aliphatic carbocycles. The van der Waals surface area contributed by atoms with E-state index in [2.05, 4.69) is 10.2 Å². The van der Waals surface area contributed by atoms with Gasteiger partial charge in [0.05, 0.1) is 6.04 Å². The lowest BCUT2D eigenvalue weighted by atomic mass is 10.2. The van der Waals surface area contributed by atoms with Crippen molar-refractivity contribution < 1.29 is 4.79 Å². The maximum atomic E-state index is 11.3. The molecule has 1 aromatic rings. The Morgan fingerprint density at radius 1 is 1.57 bits per heavy atom. The average Bonchev–Trinajstić information content (AvgIpc) is 2.70. The normalized spacial score (nSPS) is 21.6. The highest BCUT2D eigenvalue weighted by Gasteiger charge is 2.30. The van der Waals surface area contributed by atoms with Crippen LogP contribution in [-0.4, -0.2) is 27.5 Å². The summed E-state index contributed by atoms with van der Waals surface area (Å²) in [7, 11) is 0. The van der Waals surface area contributed by atoms with Crippen LogP contribution in [-0.2, 0) is 4.79 Å². The van der Waals surface area contributed by atoms with Crippen molar-refractivity contribution in [2.45, 2.75) is 32.7 Å². The van der Waals surface area contributed by atoms with Gasteiger partial charge in [0.2, 0.25) is 5.91 Å². The van der Waals surface area contributed by atoms with Crippen LogP contribution in [0.3, 0.4) is 0 Å². The van der Waals surface area contributed by atoms with E-state index in [1.54, 1.807) is 18.3 Å². The molecule has 76 valence electrons. The summed E-state index contributed by atoms with van der Waals surface area (Å²) >= 11 is 1.59. The van der Waals surface area contributed by atoms with Gasteiger partial charge < -0.3 is 4.90 Å². The summed E-state index contributed by atoms with van der Waals surface area (Å²) in [6.45, 7) is 4.42. The molecule has 14 heavy (non-hydrogen) atoms. The number of carbonyl (C=O) groups excluding carboxylic acids is 1. The molecule has 2 rings (SSSR count). The first-order valence-corrected chi connectivity index (χ1v) is 5.57. The third kappa shape index (κ3) is 1.64. The van der Waals surface area contributed by atoms with Crippen molar-refractivity contribution in [2.24, 2.45) is 0 Å². The van der Waals surface area contributed by atoms with Gasteiger partial charge in [0.25, 0.3) is 0 Å². The summed E-state index contributed by atoms with van der Waals surface area (Å²) in [5.41, 5.74) is 0. The van der Waals surface area contributed by atoms with E-state index in [1.165, 1.54) is 0 Å². The van der Waals surface area contributed by atoms with E-state index in [9.17, 15) is 4.79 Å². The fourth-order valence-corrected chi connectivity index (χ4v) is 2.69. The van der Waals surface area contributed by atoms with Crippen molar-refractivity contribution in [3.8, 4) is 0 Å². The number of likely N-dealkylation sites (tertiary alicyclic amines) is 1. The number of amides is 1. The van der Waals surface area contributed by atoms with E-state index in [1.807, 2.05) is 11.8 Å². The topological polar surface area (TPSA) is 46.1 Å². The smallest absolute Gasteiger partial charge is 0.220 e. The second kappa shape index (κ2) is 3.65. The molecule has 1 saturated heterocycles. The van der Waals surface area contributed by atoms with E-state index < -0.39 is 0 Å². The van der Waals surface area contributed by atoms with Gasteiger partial charge in [0.1, 0.15) is 10.0 Å². The molecule has 1 amide bonds. The van der Waals surface area contributed by atoms with Crippen LogP contribution in [0.15, 0.2) is 0 Å². The number of aryl methyl sites for hydroxylation is 1. The minimum absolute atomic E-state index is 0.139. The van der Waals surface area contributed by atoms with Crippen molar-refractivity contribution in [3.63, 3.8) is 0 Å². The molecular weight excluding hydrogens is 198 g/mol. The predicted octanol–water partition coefficient (Wildman–Crippen LogP) is 1.53. The molecule has 2 heterocycles. The van der Waals surface area contributed by atoms with Gasteiger partial charge >= 0.3 is 0 Å². The lowest BCUT2D eigenvalue weighted by Crippen LogP contribution is -2.27. The maximum Gasteiger partial charge on any atom is 0.220 e. The minimum Gasteiger partial charge on any atom is -0.333 e. The molecule has 0 saturated carbocycles. The zero-order chi connectivity index (χ0) is 10.1. The number of hydrogen-bond donors (Lipinski definition) is 0. The Balaban J connectivity index is 2.21. The molecule has 5 heteroatoms. The summed E-state index contributed by atoms with van der Waals surface area (Å²) in [4.78, 5) is 13.2. The van der Waals surface area contributed by atoms with E-state index in [4.69, 9.17) is 0 Å². The van der Waals surface area contributed by atoms with Gasteiger partial charge in [-0.05, 0) is 19.8 Å². The summed E-state index contributed by atoms with van der Waals surface area (Å²) < 4.78 is 0. The first-order chi connectivity index (χ1) is 6.68. The van der Waals surface area contributed by atoms with Crippen LogP contribution in [0.5, 0.6) is 0 Å². The molecule has 1 aliphatic rings. The standard InChI is InChI=1S/C9H13N3OS/c1-6-10-11-9(14-6)8-4-3-5-12(8)7(2)13/h8H,3-5H2,1-2H3/t8-/m0/s1. The van der Waals surface area contributed by atoms with Gasteiger partial charge in [-0.1, -0.05) is 11.3 Å². The van der Waals surface area contributed by atoms with Gasteiger partial charge in [-0.3, -0.25) is 4.79 Å². The zero-order valence-corrected chi connectivity index (χ0v) is 9.17. The number of rotatable bonds is 1. The quantitative estimate of drug-likeness (QED) is 0.707. The van der Waals surface area contributed by atoms with Gasteiger partial charge in [0, 0.05) is 13.5 Å². The summed E-state index contributed by atoms with van der Waals surface area (Å²) in [6.07, 6.45) is 2.09. The Labute approximate surface area is 86.9 Å². The first kappa shape index (κ1) is 9.58. The van der Waals surface area contributed by atoms with Crippen LogP contribution in [0.1, 0.15) is 35.8 Å². The van der Waals surface area contributed by atoms with Crippen LogP contribution in [0.25, 0.3) is 0 Å². The van der Waals surface area contributed by atoms with Crippen molar-refractivity contribution in [1.82, 2.24) is 15.1 Å². The average molecular weight is 211 g/mol. The highest BCUT2D eigenvalue weighted by Crippen LogP contribution is 2.33. The van der Waals surface area contributed by atoms with Crippen molar-refractivity contribution in [1.29, 1.82) is 0 Å². The molecule has 1 aliphatic heterocycles. The van der Waals surface area contributed by atoms with Gasteiger partial charge in [0.15, 0.2) is 0 Å². The van der Waals surface area contributed by atoms with E-state index in [-0.39, 0.29) is 11.9 Å². The van der Waals surface area contributed by atoms with Crippen molar-refractivity contribution in [2.75, 3.05) is 6.54 Å². The van der Waals surface area contributed by atoms with Gasteiger partial charge in [-0.15, -0.1) is 10.2 Å². The van der Waals surface area contributed by atoms with Crippen LogP contribution >= 0.6 is 11.3 Å². The fourth-order valence-electron chi connectivity index (χ4n) is 1.85. The minimum atomic E-state index is 0.139. The first-order valence-electron chi connectivity index (χ1n) is 4.75. The summed E-state index contributed by atoms with van der Waals surface area (Å²) in [6, 6.07) is 0.179. The fraction of sp³-hybridized carbons (Fsp3) is 0.667. The largest absolute Gasteiger partial charge is 0.333 e. The molecular formula is C9H13N3OS. The number of carbonyl (C=O) groups is 1. The number of nitrogens with zero attached hydrogens (tertiary/aromatic N) is 3. The lowest BCUT2D eigenvalue weighted by molar-refractivity contribution is -0.129. The lowest BCUT2D eigenvalue weighted by Gasteiger charge is -2.20. The molecule has 1 atom stereocenters. The van der Waals surface area contributed by atoms with E-state index in [0.29, 0.717) is 0 Å². The molecule has 0 N–H and O–H groups in total.